The Hall–Kier alpha value is -4.96. The monoisotopic (exact) mass is 601 g/mol. The average Bonchev–Trinajstić information content (AvgIpc) is 3.00. The molecule has 0 radical (unpaired) electrons. The quantitative estimate of drug-likeness (QED) is 0.131. The lowest BCUT2D eigenvalue weighted by atomic mass is 9.86. The second-order valence-electron chi connectivity index (χ2n) is 9.93. The number of hydrogen-bond acceptors (Lipinski definition) is 8. The van der Waals surface area contributed by atoms with Crippen LogP contribution in [0.5, 0.6) is 11.5 Å². The van der Waals surface area contributed by atoms with Gasteiger partial charge in [0.05, 0.1) is 46.6 Å². The standard InChI is InChI=1S/C32H28ClN3O7/c1-18(31(37)35-26-13-12-21(36(39)40)17-24(26)33)43-32(38)29-22-8-4-5-10-25(22)34-30-20(7-6-9-23(29)30)15-19-11-14-27(41-2)28(16-19)42-3/h4-5,8,10-18H,6-7,9H2,1-3H3,(H,35,37). The minimum Gasteiger partial charge on any atom is -0.493 e. The molecule has 1 aliphatic rings. The fourth-order valence-corrected chi connectivity index (χ4v) is 5.30. The zero-order valence-corrected chi connectivity index (χ0v) is 24.4. The van der Waals surface area contributed by atoms with E-state index in [1.165, 1.54) is 19.1 Å². The first-order valence-corrected chi connectivity index (χ1v) is 13.9. The number of nitro groups is 1. The number of fused-ring (bicyclic) bond motifs is 2. The van der Waals surface area contributed by atoms with Crippen molar-refractivity contribution in [1.29, 1.82) is 0 Å². The summed E-state index contributed by atoms with van der Waals surface area (Å²) in [4.78, 5) is 42.0. The van der Waals surface area contributed by atoms with Gasteiger partial charge >= 0.3 is 5.97 Å². The van der Waals surface area contributed by atoms with Gasteiger partial charge in [0.1, 0.15) is 0 Å². The number of carbonyl (C=O) groups is 2. The molecule has 1 N–H and O–H groups in total. The Labute approximate surface area is 252 Å². The number of esters is 1. The van der Waals surface area contributed by atoms with Gasteiger partial charge in [0.25, 0.3) is 11.6 Å². The third kappa shape index (κ3) is 6.14. The van der Waals surface area contributed by atoms with Gasteiger partial charge in [0.2, 0.25) is 0 Å². The summed E-state index contributed by atoms with van der Waals surface area (Å²) in [5.41, 5.74) is 4.28. The number of halogens is 1. The summed E-state index contributed by atoms with van der Waals surface area (Å²) in [7, 11) is 3.16. The molecular formula is C32H28ClN3O7. The summed E-state index contributed by atoms with van der Waals surface area (Å²) in [6.45, 7) is 1.45. The largest absolute Gasteiger partial charge is 0.493 e. The number of ether oxygens (including phenoxy) is 3. The van der Waals surface area contributed by atoms with Crippen LogP contribution in [0.3, 0.4) is 0 Å². The highest BCUT2D eigenvalue weighted by atomic mass is 35.5. The lowest BCUT2D eigenvalue weighted by molar-refractivity contribution is -0.384. The van der Waals surface area contributed by atoms with E-state index >= 15 is 0 Å². The lowest BCUT2D eigenvalue weighted by Crippen LogP contribution is -2.30. The molecule has 220 valence electrons. The third-order valence-corrected chi connectivity index (χ3v) is 7.51. The number of nitro benzene ring substituents is 1. The summed E-state index contributed by atoms with van der Waals surface area (Å²) < 4.78 is 16.5. The molecule has 0 saturated carbocycles. The Kier molecular flexibility index (Phi) is 8.58. The molecule has 1 amide bonds. The number of allylic oxidation sites excluding steroid dienone is 1. The highest BCUT2D eigenvalue weighted by Gasteiger charge is 2.28. The van der Waals surface area contributed by atoms with Gasteiger partial charge in [-0.3, -0.25) is 14.9 Å². The number of pyridine rings is 1. The van der Waals surface area contributed by atoms with Crippen molar-refractivity contribution in [2.24, 2.45) is 0 Å². The highest BCUT2D eigenvalue weighted by Crippen LogP contribution is 2.38. The predicted octanol–water partition coefficient (Wildman–Crippen LogP) is 6.87. The number of nitrogens with zero attached hydrogens (tertiary/aromatic N) is 2. The van der Waals surface area contributed by atoms with Gasteiger partial charge < -0.3 is 19.5 Å². The van der Waals surface area contributed by atoms with E-state index in [2.05, 4.69) is 5.32 Å². The summed E-state index contributed by atoms with van der Waals surface area (Å²) in [5.74, 6) is -0.0622. The minimum atomic E-state index is -1.19. The molecule has 1 atom stereocenters. The van der Waals surface area contributed by atoms with E-state index < -0.39 is 22.9 Å². The van der Waals surface area contributed by atoms with E-state index in [0.717, 1.165) is 35.6 Å². The number of para-hydroxylation sites is 1. The Balaban J connectivity index is 1.46. The van der Waals surface area contributed by atoms with Crippen molar-refractivity contribution in [2.45, 2.75) is 32.3 Å². The molecule has 4 aromatic rings. The molecule has 1 aliphatic carbocycles. The second kappa shape index (κ2) is 12.5. The van der Waals surface area contributed by atoms with Crippen LogP contribution >= 0.6 is 11.6 Å². The summed E-state index contributed by atoms with van der Waals surface area (Å²) in [5, 5.41) is 14.2. The van der Waals surface area contributed by atoms with E-state index in [9.17, 15) is 19.7 Å². The molecule has 0 aliphatic heterocycles. The molecule has 0 saturated heterocycles. The molecule has 0 fully saturated rings. The fraction of sp³-hybridized carbons (Fsp3) is 0.219. The number of amides is 1. The SMILES string of the molecule is COc1ccc(C=C2CCCc3c2nc2ccccc2c3C(=O)OC(C)C(=O)Nc2ccc([N+](=O)[O-])cc2Cl)cc1OC. The molecule has 10 nitrogen and oxygen atoms in total. The first-order valence-electron chi connectivity index (χ1n) is 13.5. The third-order valence-electron chi connectivity index (χ3n) is 7.20. The molecular weight excluding hydrogens is 574 g/mol. The Bertz CT molecular complexity index is 1790. The van der Waals surface area contributed by atoms with E-state index in [0.29, 0.717) is 40.1 Å². The number of nitrogens with one attached hydrogen (secondary N) is 1. The number of carbonyl (C=O) groups excluding carboxylic acids is 2. The van der Waals surface area contributed by atoms with Crippen molar-refractivity contribution in [3.63, 3.8) is 0 Å². The Morgan fingerprint density at radius 3 is 2.53 bits per heavy atom. The molecule has 1 aromatic heterocycles. The fourth-order valence-electron chi connectivity index (χ4n) is 5.08. The van der Waals surface area contributed by atoms with Crippen LogP contribution in [0.2, 0.25) is 5.02 Å². The minimum absolute atomic E-state index is 0.0101. The van der Waals surface area contributed by atoms with Crippen LogP contribution in [0.1, 0.15) is 46.9 Å². The van der Waals surface area contributed by atoms with Crippen LogP contribution in [0.15, 0.2) is 60.7 Å². The van der Waals surface area contributed by atoms with Gasteiger partial charge in [-0.2, -0.15) is 0 Å². The maximum atomic E-state index is 13.7. The molecule has 11 heteroatoms. The maximum absolute atomic E-state index is 13.7. The first kappa shape index (κ1) is 29.5. The summed E-state index contributed by atoms with van der Waals surface area (Å²) in [6.07, 6.45) is 3.00. The van der Waals surface area contributed by atoms with Crippen LogP contribution in [0.25, 0.3) is 22.6 Å². The van der Waals surface area contributed by atoms with E-state index in [4.69, 9.17) is 30.8 Å². The smallest absolute Gasteiger partial charge is 0.339 e. The molecule has 1 unspecified atom stereocenters. The second-order valence-corrected chi connectivity index (χ2v) is 10.3. The van der Waals surface area contributed by atoms with Crippen LogP contribution in [0, 0.1) is 10.1 Å². The number of anilines is 1. The van der Waals surface area contributed by atoms with Crippen molar-refractivity contribution in [1.82, 2.24) is 4.98 Å². The molecule has 1 heterocycles. The van der Waals surface area contributed by atoms with Crippen LogP contribution < -0.4 is 14.8 Å². The van der Waals surface area contributed by atoms with Crippen LogP contribution in [0.4, 0.5) is 11.4 Å². The highest BCUT2D eigenvalue weighted by molar-refractivity contribution is 6.34. The lowest BCUT2D eigenvalue weighted by Gasteiger charge is -2.23. The zero-order chi connectivity index (χ0) is 30.7. The number of rotatable bonds is 8. The van der Waals surface area contributed by atoms with Crippen LogP contribution in [-0.2, 0) is 16.0 Å². The number of benzene rings is 3. The van der Waals surface area contributed by atoms with Crippen molar-refractivity contribution >= 4 is 57.4 Å². The van der Waals surface area contributed by atoms with Crippen molar-refractivity contribution < 1.29 is 28.7 Å². The molecule has 3 aromatic carbocycles. The number of methoxy groups -OCH3 is 2. The Morgan fingerprint density at radius 1 is 1.05 bits per heavy atom. The van der Waals surface area contributed by atoms with Crippen molar-refractivity contribution in [3.05, 3.63) is 98.2 Å². The molecule has 43 heavy (non-hydrogen) atoms. The maximum Gasteiger partial charge on any atom is 0.339 e. The van der Waals surface area contributed by atoms with Gasteiger partial charge in [0, 0.05) is 17.5 Å². The normalized spacial score (nSPS) is 14.1. The number of aromatic nitrogens is 1. The number of non-ortho nitro benzene ring substituents is 1. The molecule has 0 spiro atoms. The average molecular weight is 602 g/mol. The predicted molar refractivity (Wildman–Crippen MR) is 164 cm³/mol. The van der Waals surface area contributed by atoms with Gasteiger partial charge in [-0.05, 0) is 73.2 Å². The summed E-state index contributed by atoms with van der Waals surface area (Å²) >= 11 is 6.12. The van der Waals surface area contributed by atoms with Crippen molar-refractivity contribution in [2.75, 3.05) is 19.5 Å². The number of hydrogen-bond donors (Lipinski definition) is 1. The van der Waals surface area contributed by atoms with Gasteiger partial charge in [-0.1, -0.05) is 35.9 Å². The molecule has 5 rings (SSSR count). The van der Waals surface area contributed by atoms with Gasteiger partial charge in [-0.25, -0.2) is 9.78 Å². The van der Waals surface area contributed by atoms with E-state index in [-0.39, 0.29) is 16.4 Å². The topological polar surface area (TPSA) is 130 Å². The van der Waals surface area contributed by atoms with E-state index in [1.54, 1.807) is 14.2 Å². The van der Waals surface area contributed by atoms with E-state index in [1.807, 2.05) is 48.5 Å². The van der Waals surface area contributed by atoms with Gasteiger partial charge in [-0.15, -0.1) is 0 Å². The Morgan fingerprint density at radius 2 is 1.81 bits per heavy atom. The van der Waals surface area contributed by atoms with Crippen LogP contribution in [-0.4, -0.2) is 42.1 Å². The van der Waals surface area contributed by atoms with Gasteiger partial charge in [0.15, 0.2) is 17.6 Å². The molecule has 0 bridgehead atoms. The zero-order valence-electron chi connectivity index (χ0n) is 23.7. The summed E-state index contributed by atoms with van der Waals surface area (Å²) in [6, 6.07) is 16.6. The first-order chi connectivity index (χ1) is 20.7. The van der Waals surface area contributed by atoms with Crippen molar-refractivity contribution in [3.8, 4) is 11.5 Å².